The Morgan fingerprint density at radius 1 is 1.38 bits per heavy atom. The normalized spacial score (nSPS) is 10.3. The molecule has 1 aromatic carbocycles. The van der Waals surface area contributed by atoms with E-state index in [4.69, 9.17) is 4.74 Å². The summed E-state index contributed by atoms with van der Waals surface area (Å²) in [7, 11) is 1.26. The first-order valence-corrected chi connectivity index (χ1v) is 5.21. The lowest BCUT2D eigenvalue weighted by Gasteiger charge is -2.01. The smallest absolute Gasteiger partial charge is 0.370 e. The maximum Gasteiger partial charge on any atom is 0.370 e. The Kier molecular flexibility index (Phi) is 2.57. The summed E-state index contributed by atoms with van der Waals surface area (Å²) < 4.78 is 5.39. The van der Waals surface area contributed by atoms with Crippen molar-refractivity contribution >= 4 is 26.4 Å². The van der Waals surface area contributed by atoms with E-state index in [1.165, 1.54) is 7.11 Å². The number of benzene rings is 1. The zero-order valence-electron chi connectivity index (χ0n) is 8.30. The topological polar surface area (TPSA) is 69.4 Å². The van der Waals surface area contributed by atoms with Gasteiger partial charge in [-0.2, -0.15) is 0 Å². The Balaban J connectivity index is 2.93. The summed E-state index contributed by atoms with van der Waals surface area (Å²) in [4.78, 5) is 22.0. The first-order chi connectivity index (χ1) is 7.65. The van der Waals surface area contributed by atoms with Crippen LogP contribution in [0.15, 0.2) is 29.1 Å². The van der Waals surface area contributed by atoms with Crippen LogP contribution in [0.25, 0.3) is 10.1 Å². The predicted molar refractivity (Wildman–Crippen MR) is 61.3 cm³/mol. The van der Waals surface area contributed by atoms with Crippen LogP contribution in [-0.4, -0.2) is 12.0 Å². The molecule has 0 spiro atoms. The number of methoxy groups -OCH3 is 1. The van der Waals surface area contributed by atoms with Crippen LogP contribution in [0, 0.1) is 10.1 Å². The molecule has 2 rings (SSSR count). The van der Waals surface area contributed by atoms with Gasteiger partial charge >= 0.3 is 5.00 Å². The molecule has 1 aromatic heterocycles. The quantitative estimate of drug-likeness (QED) is 0.593. The third kappa shape index (κ3) is 1.53. The molecule has 5 nitrogen and oxygen atoms in total. The number of nitrogens with zero attached hydrogens (tertiary/aromatic N) is 1. The summed E-state index contributed by atoms with van der Waals surface area (Å²) in [5.74, 6) is -0.200. The summed E-state index contributed by atoms with van der Waals surface area (Å²) in [6.07, 6.45) is 0. The molecule has 1 heterocycles. The van der Waals surface area contributed by atoms with Crippen LogP contribution in [0.1, 0.15) is 0 Å². The molecule has 0 unspecified atom stereocenters. The maximum absolute atomic E-state index is 11.9. The van der Waals surface area contributed by atoms with Crippen LogP contribution in [0.3, 0.4) is 0 Å². The molecule has 0 aliphatic heterocycles. The first-order valence-electron chi connectivity index (χ1n) is 4.39. The molecule has 0 saturated heterocycles. The molecule has 16 heavy (non-hydrogen) atoms. The molecule has 0 N–H and O–H groups in total. The summed E-state index contributed by atoms with van der Waals surface area (Å²) in [5, 5.41) is 11.0. The molecule has 6 heteroatoms. The Hall–Kier alpha value is -1.95. The van der Waals surface area contributed by atoms with Gasteiger partial charge < -0.3 is 4.74 Å². The van der Waals surface area contributed by atoms with E-state index in [0.29, 0.717) is 10.1 Å². The van der Waals surface area contributed by atoms with Gasteiger partial charge in [0, 0.05) is 10.1 Å². The summed E-state index contributed by atoms with van der Waals surface area (Å²) in [6.45, 7) is 0. The third-order valence-electron chi connectivity index (χ3n) is 2.11. The molecule has 0 amide bonds. The monoisotopic (exact) mass is 237 g/mol. The molecular formula is C10H7NO4S. The van der Waals surface area contributed by atoms with Crippen LogP contribution in [0.4, 0.5) is 5.00 Å². The van der Waals surface area contributed by atoms with E-state index < -0.39 is 10.4 Å². The Labute approximate surface area is 94.1 Å². The Morgan fingerprint density at radius 3 is 2.69 bits per heavy atom. The number of hydrogen-bond acceptors (Lipinski definition) is 5. The lowest BCUT2D eigenvalue weighted by molar-refractivity contribution is -0.381. The van der Waals surface area contributed by atoms with Crippen LogP contribution < -0.4 is 10.2 Å². The molecule has 0 saturated carbocycles. The Morgan fingerprint density at radius 2 is 2.06 bits per heavy atom. The number of rotatable bonds is 2. The number of ether oxygens (including phenoxy) is 1. The number of nitro groups is 1. The molecule has 0 atom stereocenters. The van der Waals surface area contributed by atoms with E-state index in [1.807, 2.05) is 0 Å². The molecule has 82 valence electrons. The highest BCUT2D eigenvalue weighted by Gasteiger charge is 2.21. The van der Waals surface area contributed by atoms with Gasteiger partial charge in [0.2, 0.25) is 5.43 Å². The number of fused-ring (bicyclic) bond motifs is 1. The second-order valence-electron chi connectivity index (χ2n) is 3.02. The van der Waals surface area contributed by atoms with E-state index in [-0.39, 0.29) is 10.8 Å². The zero-order valence-corrected chi connectivity index (χ0v) is 9.11. The van der Waals surface area contributed by atoms with Crippen molar-refractivity contribution in [3.8, 4) is 5.75 Å². The van der Waals surface area contributed by atoms with E-state index in [0.717, 1.165) is 11.3 Å². The molecule has 0 aliphatic rings. The fourth-order valence-corrected chi connectivity index (χ4v) is 2.38. The highest BCUT2D eigenvalue weighted by Crippen LogP contribution is 2.32. The van der Waals surface area contributed by atoms with Gasteiger partial charge in [0.1, 0.15) is 0 Å². The highest BCUT2D eigenvalue weighted by atomic mass is 32.1. The van der Waals surface area contributed by atoms with Crippen molar-refractivity contribution in [3.05, 3.63) is 44.6 Å². The fourth-order valence-electron chi connectivity index (χ4n) is 1.41. The largest absolute Gasteiger partial charge is 0.487 e. The van der Waals surface area contributed by atoms with Crippen molar-refractivity contribution in [2.45, 2.75) is 0 Å². The van der Waals surface area contributed by atoms with Crippen molar-refractivity contribution in [2.24, 2.45) is 0 Å². The van der Waals surface area contributed by atoms with Crippen LogP contribution in [-0.2, 0) is 0 Å². The average Bonchev–Trinajstić information content (AvgIpc) is 2.29. The molecule has 0 bridgehead atoms. The lowest BCUT2D eigenvalue weighted by atomic mass is 10.2. The van der Waals surface area contributed by atoms with Crippen LogP contribution >= 0.6 is 11.3 Å². The molecule has 0 fully saturated rings. The second kappa shape index (κ2) is 3.90. The molecular weight excluding hydrogens is 230 g/mol. The van der Waals surface area contributed by atoms with Crippen molar-refractivity contribution in [3.63, 3.8) is 0 Å². The predicted octanol–water partition coefficient (Wildman–Crippen LogP) is 2.18. The maximum atomic E-state index is 11.9. The van der Waals surface area contributed by atoms with Gasteiger partial charge in [0.15, 0.2) is 0 Å². The van der Waals surface area contributed by atoms with Gasteiger partial charge in [-0.3, -0.25) is 14.9 Å². The van der Waals surface area contributed by atoms with Gasteiger partial charge in [0.05, 0.1) is 12.0 Å². The van der Waals surface area contributed by atoms with Crippen LogP contribution in [0.2, 0.25) is 0 Å². The fraction of sp³-hybridized carbons (Fsp3) is 0.100. The van der Waals surface area contributed by atoms with Gasteiger partial charge in [-0.05, 0) is 12.1 Å². The van der Waals surface area contributed by atoms with Gasteiger partial charge in [-0.1, -0.05) is 23.5 Å². The van der Waals surface area contributed by atoms with E-state index in [1.54, 1.807) is 24.3 Å². The summed E-state index contributed by atoms with van der Waals surface area (Å²) >= 11 is 0.936. The SMILES string of the molecule is COc1c([N+](=O)[O-])sc2ccccc2c1=O. The second-order valence-corrected chi connectivity index (χ2v) is 4.05. The van der Waals surface area contributed by atoms with E-state index in [2.05, 4.69) is 0 Å². The van der Waals surface area contributed by atoms with Crippen molar-refractivity contribution in [2.75, 3.05) is 7.11 Å². The minimum absolute atomic E-state index is 0.200. The minimum Gasteiger partial charge on any atom is -0.487 e. The highest BCUT2D eigenvalue weighted by molar-refractivity contribution is 7.21. The van der Waals surface area contributed by atoms with Crippen LogP contribution in [0.5, 0.6) is 5.75 Å². The molecule has 2 aromatic rings. The standard InChI is InChI=1S/C10H7NO4S/c1-15-9-8(12)6-4-2-3-5-7(6)16-10(9)11(13)14/h2-5H,1H3. The summed E-state index contributed by atoms with van der Waals surface area (Å²) in [5.41, 5.74) is -0.441. The average molecular weight is 237 g/mol. The summed E-state index contributed by atoms with van der Waals surface area (Å²) in [6, 6.07) is 6.74. The van der Waals surface area contributed by atoms with E-state index in [9.17, 15) is 14.9 Å². The zero-order chi connectivity index (χ0) is 11.7. The molecule has 0 radical (unpaired) electrons. The van der Waals surface area contributed by atoms with Crippen molar-refractivity contribution < 1.29 is 9.66 Å². The van der Waals surface area contributed by atoms with Gasteiger partial charge in [-0.25, -0.2) is 0 Å². The first kappa shape index (κ1) is 10.6. The van der Waals surface area contributed by atoms with Gasteiger partial charge in [-0.15, -0.1) is 0 Å². The van der Waals surface area contributed by atoms with Gasteiger partial charge in [0.25, 0.3) is 5.75 Å². The lowest BCUT2D eigenvalue weighted by Crippen LogP contribution is -2.07. The van der Waals surface area contributed by atoms with Crippen molar-refractivity contribution in [1.82, 2.24) is 0 Å². The number of hydrogen-bond donors (Lipinski definition) is 0. The molecule has 0 aliphatic carbocycles. The Bertz CT molecular complexity index is 620. The third-order valence-corrected chi connectivity index (χ3v) is 3.21. The van der Waals surface area contributed by atoms with E-state index >= 15 is 0 Å². The minimum atomic E-state index is -0.600. The van der Waals surface area contributed by atoms with Crippen molar-refractivity contribution in [1.29, 1.82) is 0 Å².